The molecule has 4 atom stereocenters. The van der Waals surface area contributed by atoms with E-state index in [1.807, 2.05) is 0 Å². The van der Waals surface area contributed by atoms with Gasteiger partial charge in [0, 0.05) is 4.57 Å². The lowest BCUT2D eigenvalue weighted by molar-refractivity contribution is -0.0969. The van der Waals surface area contributed by atoms with Crippen molar-refractivity contribution >= 4 is 8.25 Å². The molecule has 0 heterocycles. The second-order valence-electron chi connectivity index (χ2n) is 4.61. The van der Waals surface area contributed by atoms with Crippen LogP contribution in [0.3, 0.4) is 0 Å². The van der Waals surface area contributed by atoms with Crippen molar-refractivity contribution < 1.29 is 32.6 Å². The molecule has 0 aliphatic heterocycles. The fraction of sp³-hybridized carbons (Fsp3) is 1.00. The average Bonchev–Trinajstić information content (AvgIpc) is 2.25. The van der Waals surface area contributed by atoms with E-state index in [-0.39, 0.29) is 0 Å². The first-order valence-electron chi connectivity index (χ1n) is 5.61. The van der Waals surface area contributed by atoms with Crippen LogP contribution in [0.15, 0.2) is 0 Å². The SMILES string of the molecule is CC(C)C(O)C(F)O[P+](=O)OC(F)C(O)C(C)C. The summed E-state index contributed by atoms with van der Waals surface area (Å²) in [4.78, 5) is 0. The zero-order valence-corrected chi connectivity index (χ0v) is 11.7. The van der Waals surface area contributed by atoms with Gasteiger partial charge < -0.3 is 10.2 Å². The highest BCUT2D eigenvalue weighted by Crippen LogP contribution is 2.32. The third-order valence-electron chi connectivity index (χ3n) is 2.28. The molecule has 0 fully saturated rings. The summed E-state index contributed by atoms with van der Waals surface area (Å²) in [5.41, 5.74) is 0. The maximum absolute atomic E-state index is 13.2. The first-order chi connectivity index (χ1) is 8.16. The average molecular weight is 289 g/mol. The van der Waals surface area contributed by atoms with Crippen LogP contribution in [-0.2, 0) is 13.6 Å². The molecule has 0 amide bonds. The number of hydrogen-bond acceptors (Lipinski definition) is 5. The van der Waals surface area contributed by atoms with Gasteiger partial charge in [-0.2, -0.15) is 0 Å². The Morgan fingerprint density at radius 1 is 0.889 bits per heavy atom. The van der Waals surface area contributed by atoms with Gasteiger partial charge in [0.25, 0.3) is 12.7 Å². The summed E-state index contributed by atoms with van der Waals surface area (Å²) in [6, 6.07) is 0. The van der Waals surface area contributed by atoms with E-state index in [0.29, 0.717) is 0 Å². The molecule has 0 aromatic carbocycles. The van der Waals surface area contributed by atoms with Crippen LogP contribution in [0.4, 0.5) is 8.78 Å². The number of rotatable bonds is 8. The Kier molecular flexibility index (Phi) is 7.98. The molecular weight excluding hydrogens is 269 g/mol. The Bertz CT molecular complexity index is 241. The fourth-order valence-corrected chi connectivity index (χ4v) is 1.55. The van der Waals surface area contributed by atoms with Crippen LogP contribution < -0.4 is 0 Å². The van der Waals surface area contributed by atoms with Crippen LogP contribution in [-0.4, -0.2) is 35.1 Å². The molecule has 0 aromatic heterocycles. The second kappa shape index (κ2) is 8.07. The van der Waals surface area contributed by atoms with Crippen molar-refractivity contribution in [3.8, 4) is 0 Å². The Labute approximate surface area is 106 Å². The van der Waals surface area contributed by atoms with E-state index in [1.165, 1.54) is 27.7 Å². The summed E-state index contributed by atoms with van der Waals surface area (Å²) in [6.07, 6.45) is -7.45. The smallest absolute Gasteiger partial charge is 0.387 e. The van der Waals surface area contributed by atoms with E-state index in [1.54, 1.807) is 0 Å². The standard InChI is InChI=1S/C10H20F2O5P/c1-5(2)7(13)9(11)16-18(15)17-10(12)8(14)6(3)4/h5-10,13-14H,1-4H3/q+1. The molecule has 108 valence electrons. The Morgan fingerprint density at radius 2 is 1.17 bits per heavy atom. The topological polar surface area (TPSA) is 76.0 Å². The Hall–Kier alpha value is -0.200. The molecule has 8 heteroatoms. The maximum atomic E-state index is 13.2. The van der Waals surface area contributed by atoms with Crippen molar-refractivity contribution in [2.45, 2.75) is 52.6 Å². The third-order valence-corrected chi connectivity index (χ3v) is 3.02. The van der Waals surface area contributed by atoms with Crippen LogP contribution >= 0.6 is 8.25 Å². The zero-order valence-electron chi connectivity index (χ0n) is 10.8. The molecule has 0 bridgehead atoms. The van der Waals surface area contributed by atoms with Crippen LogP contribution in [0.2, 0.25) is 0 Å². The molecule has 0 rings (SSSR count). The highest BCUT2D eigenvalue weighted by atomic mass is 31.1. The van der Waals surface area contributed by atoms with E-state index in [0.717, 1.165) is 0 Å². The van der Waals surface area contributed by atoms with Gasteiger partial charge in [-0.15, -0.1) is 0 Å². The lowest BCUT2D eigenvalue weighted by atomic mass is 10.1. The minimum absolute atomic E-state index is 0.453. The van der Waals surface area contributed by atoms with Gasteiger partial charge in [-0.25, -0.2) is 8.78 Å². The first kappa shape index (κ1) is 17.8. The van der Waals surface area contributed by atoms with Crippen molar-refractivity contribution in [3.05, 3.63) is 0 Å². The van der Waals surface area contributed by atoms with Gasteiger partial charge >= 0.3 is 8.25 Å². The number of halogens is 2. The number of alkyl halides is 2. The number of aliphatic hydroxyl groups excluding tert-OH is 2. The van der Waals surface area contributed by atoms with Crippen molar-refractivity contribution in [2.75, 3.05) is 0 Å². The predicted octanol–water partition coefficient (Wildman–Crippen LogP) is 2.30. The van der Waals surface area contributed by atoms with Crippen molar-refractivity contribution in [3.63, 3.8) is 0 Å². The number of aliphatic hydroxyl groups is 2. The Morgan fingerprint density at radius 3 is 1.39 bits per heavy atom. The van der Waals surface area contributed by atoms with Gasteiger partial charge in [-0.3, -0.25) is 0 Å². The predicted molar refractivity (Wildman–Crippen MR) is 61.3 cm³/mol. The van der Waals surface area contributed by atoms with Crippen LogP contribution in [0, 0.1) is 11.8 Å². The molecule has 0 aliphatic carbocycles. The molecule has 0 saturated heterocycles. The summed E-state index contributed by atoms with van der Waals surface area (Å²) < 4.78 is 45.9. The van der Waals surface area contributed by atoms with E-state index in [9.17, 15) is 23.6 Å². The lowest BCUT2D eigenvalue weighted by Crippen LogP contribution is -2.30. The summed E-state index contributed by atoms with van der Waals surface area (Å²) in [5.74, 6) is -0.906. The maximum Gasteiger partial charge on any atom is 0.703 e. The van der Waals surface area contributed by atoms with Crippen LogP contribution in [0.25, 0.3) is 0 Å². The van der Waals surface area contributed by atoms with E-state index in [2.05, 4.69) is 9.05 Å². The molecule has 5 nitrogen and oxygen atoms in total. The molecule has 18 heavy (non-hydrogen) atoms. The zero-order chi connectivity index (χ0) is 14.5. The molecule has 0 saturated carbocycles. The summed E-state index contributed by atoms with van der Waals surface area (Å²) >= 11 is 0. The Balaban J connectivity index is 4.19. The highest BCUT2D eigenvalue weighted by molar-refractivity contribution is 7.33. The highest BCUT2D eigenvalue weighted by Gasteiger charge is 2.39. The third kappa shape index (κ3) is 6.11. The van der Waals surface area contributed by atoms with E-state index >= 15 is 0 Å². The molecule has 2 N–H and O–H groups in total. The molecule has 0 spiro atoms. The monoisotopic (exact) mass is 289 g/mol. The molecule has 4 unspecified atom stereocenters. The minimum Gasteiger partial charge on any atom is -0.387 e. The summed E-state index contributed by atoms with van der Waals surface area (Å²) in [5, 5.41) is 18.5. The van der Waals surface area contributed by atoms with Crippen LogP contribution in [0.1, 0.15) is 27.7 Å². The van der Waals surface area contributed by atoms with Gasteiger partial charge in [-0.1, -0.05) is 36.7 Å². The first-order valence-corrected chi connectivity index (χ1v) is 6.71. The largest absolute Gasteiger partial charge is 0.703 e. The summed E-state index contributed by atoms with van der Waals surface area (Å²) in [7, 11) is -3.09. The second-order valence-corrected chi connectivity index (χ2v) is 5.47. The van der Waals surface area contributed by atoms with Crippen molar-refractivity contribution in [1.82, 2.24) is 0 Å². The normalized spacial score (nSPS) is 19.8. The molecule has 0 aromatic rings. The van der Waals surface area contributed by atoms with Gasteiger partial charge in [0.2, 0.25) is 0 Å². The molecule has 0 aliphatic rings. The van der Waals surface area contributed by atoms with Gasteiger partial charge in [0.1, 0.15) is 12.2 Å². The molecular formula is C10H20F2O5P+. The van der Waals surface area contributed by atoms with Crippen molar-refractivity contribution in [1.29, 1.82) is 0 Å². The van der Waals surface area contributed by atoms with Gasteiger partial charge in [0.15, 0.2) is 0 Å². The molecule has 0 radical (unpaired) electrons. The van der Waals surface area contributed by atoms with E-state index in [4.69, 9.17) is 0 Å². The minimum atomic E-state index is -3.09. The van der Waals surface area contributed by atoms with E-state index < -0.39 is 45.0 Å². The fourth-order valence-electron chi connectivity index (χ4n) is 0.919. The van der Waals surface area contributed by atoms with Gasteiger partial charge in [0.05, 0.1) is 0 Å². The lowest BCUT2D eigenvalue weighted by Gasteiger charge is -2.15. The van der Waals surface area contributed by atoms with Crippen LogP contribution in [0.5, 0.6) is 0 Å². The summed E-state index contributed by atoms with van der Waals surface area (Å²) in [6.45, 7) is 6.15. The van der Waals surface area contributed by atoms with Gasteiger partial charge in [-0.05, 0) is 11.8 Å². The number of hydrogen-bond donors (Lipinski definition) is 2. The quantitative estimate of drug-likeness (QED) is 0.671. The van der Waals surface area contributed by atoms with Crippen molar-refractivity contribution in [2.24, 2.45) is 11.8 Å².